The average Bonchev–Trinajstić information content (AvgIpc) is 3.05. The molecule has 0 aromatic heterocycles. The van der Waals surface area contributed by atoms with Gasteiger partial charge in [-0.1, -0.05) is 96.5 Å². The van der Waals surface area contributed by atoms with Crippen molar-refractivity contribution in [3.05, 3.63) is 142 Å². The maximum Gasteiger partial charge on any atom is 0.490 e. The molecule has 1 saturated heterocycles. The van der Waals surface area contributed by atoms with Crippen LogP contribution >= 0.6 is 11.6 Å². The third-order valence-corrected chi connectivity index (χ3v) is 9.35. The molecule has 6 rings (SSSR count). The fourth-order valence-electron chi connectivity index (χ4n) is 6.64. The third kappa shape index (κ3) is 8.21. The van der Waals surface area contributed by atoms with Crippen LogP contribution in [0, 0.1) is 11.7 Å². The predicted molar refractivity (Wildman–Crippen MR) is 172 cm³/mol. The number of nitrogens with one attached hydrogen (secondary N) is 1. The first-order chi connectivity index (χ1) is 22.5. The Balaban J connectivity index is 0.000000559. The monoisotopic (exact) mass is 666 g/mol. The van der Waals surface area contributed by atoms with Crippen molar-refractivity contribution in [2.45, 2.75) is 49.4 Å². The van der Waals surface area contributed by atoms with Crippen LogP contribution in [-0.2, 0) is 21.5 Å². The van der Waals surface area contributed by atoms with Crippen molar-refractivity contribution in [2.24, 2.45) is 5.92 Å². The topological polar surface area (TPSA) is 69.6 Å². The number of carboxylic acid groups (broad SMARTS) is 1. The number of hydrogen-bond acceptors (Lipinski definition) is 3. The van der Waals surface area contributed by atoms with Crippen molar-refractivity contribution in [3.8, 4) is 0 Å². The summed E-state index contributed by atoms with van der Waals surface area (Å²) in [4.78, 5) is 25.1. The van der Waals surface area contributed by atoms with Crippen LogP contribution in [0.25, 0.3) is 0 Å². The van der Waals surface area contributed by atoms with Crippen molar-refractivity contribution < 1.29 is 32.3 Å². The molecule has 3 atom stereocenters. The smallest absolute Gasteiger partial charge is 0.475 e. The highest BCUT2D eigenvalue weighted by molar-refractivity contribution is 6.30. The number of carbonyl (C=O) groups is 2. The lowest BCUT2D eigenvalue weighted by Gasteiger charge is -2.53. The molecule has 0 unspecified atom stereocenters. The molecule has 2 aliphatic rings. The number of alkyl halides is 3. The maximum atomic E-state index is 14.1. The van der Waals surface area contributed by atoms with Crippen LogP contribution < -0.4 is 5.32 Å². The highest BCUT2D eigenvalue weighted by Gasteiger charge is 2.50. The molecule has 1 amide bonds. The molecule has 4 aromatic carbocycles. The Morgan fingerprint density at radius 3 is 1.87 bits per heavy atom. The number of aliphatic carboxylic acids is 1. The lowest BCUT2D eigenvalue weighted by molar-refractivity contribution is -0.192. The minimum absolute atomic E-state index is 0.0352. The summed E-state index contributed by atoms with van der Waals surface area (Å²) in [6.45, 7) is 2.09. The molecule has 10 heteroatoms. The van der Waals surface area contributed by atoms with E-state index in [4.69, 9.17) is 21.5 Å². The van der Waals surface area contributed by atoms with Crippen LogP contribution in [0.3, 0.4) is 0 Å². The molecule has 0 bridgehead atoms. The quantitative estimate of drug-likeness (QED) is 0.196. The normalized spacial score (nSPS) is 20.4. The van der Waals surface area contributed by atoms with Crippen LogP contribution in [0.1, 0.15) is 47.4 Å². The molecule has 2 N–H and O–H groups in total. The molecule has 246 valence electrons. The Kier molecular flexibility index (Phi) is 10.7. The highest BCUT2D eigenvalue weighted by atomic mass is 35.5. The first kappa shape index (κ1) is 34.1. The molecular weight excluding hydrogens is 632 g/mol. The van der Waals surface area contributed by atoms with Crippen molar-refractivity contribution in [1.82, 2.24) is 10.2 Å². The van der Waals surface area contributed by atoms with Gasteiger partial charge in [-0.3, -0.25) is 4.79 Å². The SMILES string of the molecule is O=C(O)C(F)(F)F.O=C([C@@H]1CC[C@@H](NCc2ccc(Cl)cc2)C[C@H]1c1ccc(F)cc1)N1CC(c2ccccc2)(c2ccccc2)C1. The lowest BCUT2D eigenvalue weighted by atomic mass is 9.67. The Hall–Kier alpha value is -4.21. The molecular formula is C37H35ClF4N2O3. The second-order valence-corrected chi connectivity index (χ2v) is 12.5. The van der Waals surface area contributed by atoms with Crippen molar-refractivity contribution >= 4 is 23.5 Å². The lowest BCUT2D eigenvalue weighted by Crippen LogP contribution is -2.63. The number of carbonyl (C=O) groups excluding carboxylic acids is 1. The number of benzene rings is 4. The summed E-state index contributed by atoms with van der Waals surface area (Å²) in [5, 5.41) is 11.6. The van der Waals surface area contributed by atoms with Gasteiger partial charge in [-0.05, 0) is 71.7 Å². The average molecular weight is 667 g/mol. The van der Waals surface area contributed by atoms with E-state index in [0.29, 0.717) is 13.1 Å². The van der Waals surface area contributed by atoms with E-state index >= 15 is 0 Å². The standard InChI is InChI=1S/C35H34ClFN2O.C2HF3O2/c36-29-15-11-25(12-16-29)22-38-31-19-20-32(33(21-31)26-13-17-30(37)18-14-26)34(40)39-23-35(24-39,27-7-3-1-4-8-27)28-9-5-2-6-10-28;3-2(4,5)1(6)7/h1-18,31-33,38H,19-24H2;(H,6,7)/t31-,32-,33+;/m1./s1. The molecule has 2 fully saturated rings. The molecule has 0 radical (unpaired) electrons. The number of likely N-dealkylation sites (tertiary alicyclic amines) is 1. The Bertz CT molecular complexity index is 1590. The predicted octanol–water partition coefficient (Wildman–Crippen LogP) is 7.98. The van der Waals surface area contributed by atoms with E-state index in [1.807, 2.05) is 53.4 Å². The summed E-state index contributed by atoms with van der Waals surface area (Å²) in [7, 11) is 0. The maximum absolute atomic E-state index is 14.1. The molecule has 1 aliphatic carbocycles. The summed E-state index contributed by atoms with van der Waals surface area (Å²) >= 11 is 6.05. The molecule has 1 heterocycles. The van der Waals surface area contributed by atoms with E-state index in [-0.39, 0.29) is 35.0 Å². The zero-order valence-corrected chi connectivity index (χ0v) is 26.2. The second kappa shape index (κ2) is 14.7. The van der Waals surface area contributed by atoms with Gasteiger partial charge in [0.2, 0.25) is 5.91 Å². The fourth-order valence-corrected chi connectivity index (χ4v) is 6.76. The van der Waals surface area contributed by atoms with Crippen LogP contribution in [0.2, 0.25) is 5.02 Å². The van der Waals surface area contributed by atoms with Crippen LogP contribution in [0.5, 0.6) is 0 Å². The second-order valence-electron chi connectivity index (χ2n) is 12.1. The van der Waals surface area contributed by atoms with Crippen LogP contribution in [-0.4, -0.2) is 47.2 Å². The van der Waals surface area contributed by atoms with Crippen LogP contribution in [0.15, 0.2) is 109 Å². The number of nitrogens with zero attached hydrogens (tertiary/aromatic N) is 1. The van der Waals surface area contributed by atoms with E-state index in [0.717, 1.165) is 36.4 Å². The first-order valence-electron chi connectivity index (χ1n) is 15.4. The first-order valence-corrected chi connectivity index (χ1v) is 15.8. The largest absolute Gasteiger partial charge is 0.490 e. The van der Waals surface area contributed by atoms with Gasteiger partial charge in [-0.15, -0.1) is 0 Å². The van der Waals surface area contributed by atoms with Crippen LogP contribution in [0.4, 0.5) is 17.6 Å². The Morgan fingerprint density at radius 1 is 0.830 bits per heavy atom. The van der Waals surface area contributed by atoms with Gasteiger partial charge in [0.15, 0.2) is 0 Å². The van der Waals surface area contributed by atoms with Gasteiger partial charge in [0.25, 0.3) is 0 Å². The van der Waals surface area contributed by atoms with E-state index in [2.05, 4.69) is 53.8 Å². The minimum atomic E-state index is -5.08. The van der Waals surface area contributed by atoms with Gasteiger partial charge >= 0.3 is 12.1 Å². The minimum Gasteiger partial charge on any atom is -0.475 e. The molecule has 4 aromatic rings. The van der Waals surface area contributed by atoms with Gasteiger partial charge in [0.1, 0.15) is 5.82 Å². The number of carboxylic acids is 1. The summed E-state index contributed by atoms with van der Waals surface area (Å²) in [5.41, 5.74) is 4.52. The summed E-state index contributed by atoms with van der Waals surface area (Å²) < 4.78 is 45.6. The number of halogens is 5. The van der Waals surface area contributed by atoms with E-state index < -0.39 is 12.1 Å². The molecule has 0 spiro atoms. The highest BCUT2D eigenvalue weighted by Crippen LogP contribution is 2.45. The van der Waals surface area contributed by atoms with Crippen molar-refractivity contribution in [3.63, 3.8) is 0 Å². The summed E-state index contributed by atoms with van der Waals surface area (Å²) in [5.74, 6) is -2.88. The van der Waals surface area contributed by atoms with Crippen molar-refractivity contribution in [2.75, 3.05) is 13.1 Å². The van der Waals surface area contributed by atoms with E-state index in [1.165, 1.54) is 28.8 Å². The van der Waals surface area contributed by atoms with Gasteiger partial charge in [-0.2, -0.15) is 13.2 Å². The number of rotatable bonds is 7. The van der Waals surface area contributed by atoms with Gasteiger partial charge in [-0.25, -0.2) is 9.18 Å². The number of amides is 1. The molecule has 5 nitrogen and oxygen atoms in total. The van der Waals surface area contributed by atoms with E-state index in [9.17, 15) is 22.4 Å². The Morgan fingerprint density at radius 2 is 1.36 bits per heavy atom. The fraction of sp³-hybridized carbons (Fsp3) is 0.297. The van der Waals surface area contributed by atoms with Gasteiger partial charge in [0, 0.05) is 36.6 Å². The van der Waals surface area contributed by atoms with Gasteiger partial charge in [0.05, 0.1) is 5.41 Å². The summed E-state index contributed by atoms with van der Waals surface area (Å²) in [6, 6.07) is 36.0. The van der Waals surface area contributed by atoms with Crippen molar-refractivity contribution in [1.29, 1.82) is 0 Å². The summed E-state index contributed by atoms with van der Waals surface area (Å²) in [6.07, 6.45) is -2.51. The molecule has 1 saturated carbocycles. The molecule has 1 aliphatic heterocycles. The Labute approximate surface area is 276 Å². The number of hydrogen-bond donors (Lipinski definition) is 2. The zero-order chi connectivity index (χ0) is 33.6. The van der Waals surface area contributed by atoms with Gasteiger partial charge < -0.3 is 15.3 Å². The zero-order valence-electron chi connectivity index (χ0n) is 25.5. The molecule has 47 heavy (non-hydrogen) atoms. The third-order valence-electron chi connectivity index (χ3n) is 9.10. The van der Waals surface area contributed by atoms with E-state index in [1.54, 1.807) is 0 Å².